The van der Waals surface area contributed by atoms with Gasteiger partial charge in [0.1, 0.15) is 5.75 Å². The lowest BCUT2D eigenvalue weighted by Crippen LogP contribution is -2.02. The Balaban J connectivity index is 2.09. The van der Waals surface area contributed by atoms with Crippen LogP contribution in [0, 0.1) is 0 Å². The van der Waals surface area contributed by atoms with Crippen molar-refractivity contribution in [2.45, 2.75) is 14.0 Å². The van der Waals surface area contributed by atoms with Crippen LogP contribution in [0.3, 0.4) is 0 Å². The van der Waals surface area contributed by atoms with E-state index < -0.39 is 9.84 Å². The van der Waals surface area contributed by atoms with Gasteiger partial charge in [-0.1, -0.05) is 18.2 Å². The second-order valence-electron chi connectivity index (χ2n) is 5.20. The highest BCUT2D eigenvalue weighted by atomic mass is 32.2. The number of carbonyl (C=O) groups is 1. The van der Waals surface area contributed by atoms with Gasteiger partial charge in [0, 0.05) is 0 Å². The van der Waals surface area contributed by atoms with E-state index in [9.17, 15) is 18.3 Å². The maximum atomic E-state index is 12.9. The van der Waals surface area contributed by atoms with Gasteiger partial charge in [-0.15, -0.1) is 23.1 Å². The van der Waals surface area contributed by atoms with Gasteiger partial charge in [-0.2, -0.15) is 0 Å². The fraction of sp³-hybridized carbons (Fsp3) is 0.0556. The molecule has 128 valence electrons. The number of thioether (sulfide) groups is 1. The minimum Gasteiger partial charge on any atom is -0.507 e. The van der Waals surface area contributed by atoms with Crippen molar-refractivity contribution < 1.29 is 18.3 Å². The molecule has 3 rings (SSSR count). The summed E-state index contributed by atoms with van der Waals surface area (Å²) in [6, 6.07) is 12.8. The zero-order valence-corrected chi connectivity index (χ0v) is 15.6. The topological polar surface area (TPSA) is 71.4 Å². The van der Waals surface area contributed by atoms with E-state index in [4.69, 9.17) is 0 Å². The van der Waals surface area contributed by atoms with Crippen LogP contribution in [-0.2, 0) is 9.84 Å². The van der Waals surface area contributed by atoms with Crippen LogP contribution in [0.25, 0.3) is 11.1 Å². The van der Waals surface area contributed by atoms with Crippen molar-refractivity contribution in [3.63, 3.8) is 0 Å². The van der Waals surface area contributed by atoms with E-state index in [0.29, 0.717) is 22.3 Å². The van der Waals surface area contributed by atoms with Crippen LogP contribution >= 0.6 is 23.1 Å². The second kappa shape index (κ2) is 7.03. The van der Waals surface area contributed by atoms with Crippen LogP contribution in [0.2, 0.25) is 0 Å². The average molecular weight is 391 g/mol. The molecular formula is C18H14O4S3. The summed E-state index contributed by atoms with van der Waals surface area (Å²) in [5.41, 5.74) is 1.48. The van der Waals surface area contributed by atoms with Gasteiger partial charge < -0.3 is 5.11 Å². The number of benzene rings is 2. The summed E-state index contributed by atoms with van der Waals surface area (Å²) in [4.78, 5) is 11.5. The molecule has 0 aliphatic heterocycles. The summed E-state index contributed by atoms with van der Waals surface area (Å²) >= 11 is 2.80. The molecule has 0 radical (unpaired) electrons. The summed E-state index contributed by atoms with van der Waals surface area (Å²) < 4.78 is 26.6. The molecule has 1 heterocycles. The Bertz CT molecular complexity index is 1040. The number of thiophene rings is 1. The monoisotopic (exact) mass is 390 g/mol. The lowest BCUT2D eigenvalue weighted by molar-refractivity contribution is 0.112. The third-order valence-corrected chi connectivity index (χ3v) is 7.84. The minimum atomic E-state index is -3.62. The highest BCUT2D eigenvalue weighted by molar-refractivity contribution is 8.01. The molecule has 25 heavy (non-hydrogen) atoms. The third kappa shape index (κ3) is 3.35. The Morgan fingerprint density at radius 1 is 1.08 bits per heavy atom. The molecule has 0 aliphatic rings. The van der Waals surface area contributed by atoms with Crippen LogP contribution in [0.5, 0.6) is 5.75 Å². The van der Waals surface area contributed by atoms with E-state index in [2.05, 4.69) is 0 Å². The van der Waals surface area contributed by atoms with E-state index in [1.165, 1.54) is 35.2 Å². The summed E-state index contributed by atoms with van der Waals surface area (Å²) in [5.74, 6) is -0.106. The molecule has 0 aliphatic carbocycles. The van der Waals surface area contributed by atoms with Gasteiger partial charge in [-0.25, -0.2) is 8.42 Å². The molecule has 0 spiro atoms. The lowest BCUT2D eigenvalue weighted by atomic mass is 10.0. The highest BCUT2D eigenvalue weighted by Gasteiger charge is 2.22. The van der Waals surface area contributed by atoms with Crippen molar-refractivity contribution in [1.82, 2.24) is 0 Å². The van der Waals surface area contributed by atoms with Gasteiger partial charge in [0.2, 0.25) is 9.84 Å². The first-order valence-corrected chi connectivity index (χ1v) is 10.8. The molecule has 0 fully saturated rings. The lowest BCUT2D eigenvalue weighted by Gasteiger charge is -2.08. The zero-order chi connectivity index (χ0) is 18.0. The summed E-state index contributed by atoms with van der Waals surface area (Å²) in [6.07, 6.45) is 2.41. The van der Waals surface area contributed by atoms with Gasteiger partial charge in [0.05, 0.1) is 19.6 Å². The summed E-state index contributed by atoms with van der Waals surface area (Å²) in [7, 11) is -3.62. The van der Waals surface area contributed by atoms with E-state index in [-0.39, 0.29) is 16.2 Å². The van der Waals surface area contributed by atoms with Crippen LogP contribution < -0.4 is 0 Å². The number of hydrogen-bond donors (Lipinski definition) is 1. The summed E-state index contributed by atoms with van der Waals surface area (Å²) in [5, 5.41) is 11.4. The maximum absolute atomic E-state index is 12.9. The van der Waals surface area contributed by atoms with Crippen molar-refractivity contribution in [1.29, 1.82) is 0 Å². The molecule has 1 N–H and O–H groups in total. The van der Waals surface area contributed by atoms with Crippen molar-refractivity contribution in [3.05, 3.63) is 59.5 Å². The van der Waals surface area contributed by atoms with Crippen molar-refractivity contribution >= 4 is 39.2 Å². The molecule has 0 unspecified atom stereocenters. The minimum absolute atomic E-state index is 0.106. The Hall–Kier alpha value is -2.09. The molecule has 3 aromatic rings. The summed E-state index contributed by atoms with van der Waals surface area (Å²) in [6.45, 7) is 0. The number of hydrogen-bond acceptors (Lipinski definition) is 6. The van der Waals surface area contributed by atoms with E-state index in [1.807, 2.05) is 6.26 Å². The molecule has 0 saturated heterocycles. The number of sulfone groups is 1. The fourth-order valence-corrected chi connectivity index (χ4v) is 6.16. The predicted octanol–water partition coefficient (Wildman–Crippen LogP) is 4.49. The molecule has 0 bridgehead atoms. The number of aldehydes is 1. The fourth-order valence-electron chi connectivity index (χ4n) is 2.43. The van der Waals surface area contributed by atoms with Crippen LogP contribution in [-0.4, -0.2) is 26.1 Å². The molecule has 0 amide bonds. The standard InChI is InChI=1S/C18H14O4S3/c1-23-18-17(7-8-24-18)25(21,22)15-4-2-3-12(10-15)13-5-6-16(20)14(9-13)11-19/h2-11,20H,1H3. The first-order chi connectivity index (χ1) is 12.0. The third-order valence-electron chi connectivity index (χ3n) is 3.70. The van der Waals surface area contributed by atoms with Crippen molar-refractivity contribution in [2.24, 2.45) is 0 Å². The Morgan fingerprint density at radius 3 is 2.56 bits per heavy atom. The number of carbonyl (C=O) groups excluding carboxylic acids is 1. The number of rotatable bonds is 5. The van der Waals surface area contributed by atoms with Crippen LogP contribution in [0.4, 0.5) is 0 Å². The number of phenolic OH excluding ortho intramolecular Hbond substituents is 1. The largest absolute Gasteiger partial charge is 0.507 e. The number of phenols is 1. The van der Waals surface area contributed by atoms with E-state index >= 15 is 0 Å². The van der Waals surface area contributed by atoms with Gasteiger partial charge >= 0.3 is 0 Å². The van der Waals surface area contributed by atoms with Gasteiger partial charge in [-0.05, 0) is 53.1 Å². The zero-order valence-electron chi connectivity index (χ0n) is 13.2. The van der Waals surface area contributed by atoms with Crippen molar-refractivity contribution in [3.8, 4) is 16.9 Å². The predicted molar refractivity (Wildman–Crippen MR) is 100 cm³/mol. The molecule has 2 aromatic carbocycles. The van der Waals surface area contributed by atoms with Crippen molar-refractivity contribution in [2.75, 3.05) is 6.26 Å². The van der Waals surface area contributed by atoms with Crippen LogP contribution in [0.1, 0.15) is 10.4 Å². The molecule has 7 heteroatoms. The number of aromatic hydroxyl groups is 1. The average Bonchev–Trinajstić information content (AvgIpc) is 3.12. The molecule has 1 aromatic heterocycles. The quantitative estimate of drug-likeness (QED) is 0.513. The molecule has 0 saturated carbocycles. The smallest absolute Gasteiger partial charge is 0.208 e. The Labute approximate surface area is 154 Å². The SMILES string of the molecule is CSc1sccc1S(=O)(=O)c1cccc(-c2ccc(O)c(C=O)c2)c1. The van der Waals surface area contributed by atoms with E-state index in [1.54, 1.807) is 41.8 Å². The highest BCUT2D eigenvalue weighted by Crippen LogP contribution is 2.35. The Morgan fingerprint density at radius 2 is 1.84 bits per heavy atom. The van der Waals surface area contributed by atoms with Gasteiger partial charge in [0.25, 0.3) is 0 Å². The van der Waals surface area contributed by atoms with Crippen LogP contribution in [0.15, 0.2) is 67.9 Å². The Kier molecular flexibility index (Phi) is 4.99. The molecule has 4 nitrogen and oxygen atoms in total. The van der Waals surface area contributed by atoms with Gasteiger partial charge in [-0.3, -0.25) is 4.79 Å². The molecular weight excluding hydrogens is 376 g/mol. The van der Waals surface area contributed by atoms with E-state index in [0.717, 1.165) is 4.21 Å². The first kappa shape index (κ1) is 17.7. The first-order valence-electron chi connectivity index (χ1n) is 7.22. The second-order valence-corrected chi connectivity index (χ2v) is 9.11. The maximum Gasteiger partial charge on any atom is 0.208 e. The molecule has 0 atom stereocenters. The van der Waals surface area contributed by atoms with Gasteiger partial charge in [0.15, 0.2) is 6.29 Å². The normalized spacial score (nSPS) is 11.4.